The number of phosphoric acid groups is 1. The fraction of sp³-hybridized carbons (Fsp3) is 0.787. The van der Waals surface area contributed by atoms with Gasteiger partial charge in [-0.2, -0.15) is 0 Å². The number of hydrogen-bond donors (Lipinski definition) is 2. The van der Waals surface area contributed by atoms with E-state index in [1.807, 2.05) is 33.3 Å². The van der Waals surface area contributed by atoms with Gasteiger partial charge < -0.3 is 19.4 Å². The van der Waals surface area contributed by atoms with Crippen LogP contribution < -0.4 is 5.32 Å². The lowest BCUT2D eigenvalue weighted by Crippen LogP contribution is -2.47. The van der Waals surface area contributed by atoms with Gasteiger partial charge in [0.1, 0.15) is 19.3 Å². The molecule has 0 radical (unpaired) electrons. The number of carbonyl (C=O) groups is 2. The summed E-state index contributed by atoms with van der Waals surface area (Å²) < 4.78 is 30.8. The minimum absolute atomic E-state index is 0.0369. The van der Waals surface area contributed by atoms with Gasteiger partial charge in [0.25, 0.3) is 0 Å². The summed E-state index contributed by atoms with van der Waals surface area (Å²) in [5, 5.41) is 3.07. The molecule has 0 aromatic rings. The van der Waals surface area contributed by atoms with Gasteiger partial charge in [-0.3, -0.25) is 18.6 Å². The van der Waals surface area contributed by atoms with E-state index in [4.69, 9.17) is 13.8 Å². The molecule has 0 aliphatic carbocycles. The van der Waals surface area contributed by atoms with E-state index in [-0.39, 0.29) is 25.1 Å². The van der Waals surface area contributed by atoms with Crippen LogP contribution in [0.4, 0.5) is 0 Å². The van der Waals surface area contributed by atoms with E-state index in [0.717, 1.165) is 109 Å². The SMILES string of the molecule is CC/C=C\C/C=C\C/C=C\C/C=C\C/C=C\C/C=C\CCCCCCCCCCC(=O)NC(COP(=O)(O)OCC[N+](C)(C)C)C(/C=C\CCCCCCCCCCC)OC(=O)CCCCCCCCCCCCCCCCCCCCCCC. The zero-order valence-corrected chi connectivity index (χ0v) is 57.5. The number of hydrogen-bond acceptors (Lipinski definition) is 6. The predicted molar refractivity (Wildman–Crippen MR) is 369 cm³/mol. The number of nitrogens with one attached hydrogen (secondary N) is 1. The van der Waals surface area contributed by atoms with E-state index >= 15 is 0 Å². The van der Waals surface area contributed by atoms with Crippen molar-refractivity contribution in [2.75, 3.05) is 40.9 Å². The maximum Gasteiger partial charge on any atom is 0.472 e. The number of unbranched alkanes of at least 4 members (excludes halogenated alkanes) is 37. The molecule has 0 aromatic carbocycles. The first-order valence-electron chi connectivity index (χ1n) is 35.9. The summed E-state index contributed by atoms with van der Waals surface area (Å²) in [6.07, 6.45) is 86.0. The van der Waals surface area contributed by atoms with E-state index < -0.39 is 20.0 Å². The number of amides is 1. The highest BCUT2D eigenvalue weighted by molar-refractivity contribution is 7.47. The Morgan fingerprint density at radius 2 is 0.753 bits per heavy atom. The lowest BCUT2D eigenvalue weighted by molar-refractivity contribution is -0.870. The first-order chi connectivity index (χ1) is 41.4. The van der Waals surface area contributed by atoms with E-state index in [1.54, 1.807) is 0 Å². The van der Waals surface area contributed by atoms with Crippen LogP contribution in [-0.4, -0.2) is 74.3 Å². The molecule has 3 atom stereocenters. The molecule has 1 amide bonds. The number of phosphoric ester groups is 1. The van der Waals surface area contributed by atoms with Crippen LogP contribution in [-0.2, 0) is 27.9 Å². The highest BCUT2D eigenvalue weighted by Gasteiger charge is 2.30. The standard InChI is InChI=1S/C75H137N2O7P/c1-7-10-13-16-19-22-25-27-29-31-33-35-36-37-38-39-40-42-43-45-47-49-52-55-58-61-64-67-74(78)76-72(71-83-85(80,81)82-70-69-77(4,5)6)73(66-63-60-57-54-51-24-21-18-15-12-9-3)84-75(79)68-65-62-59-56-53-50-48-46-44-41-34-32-30-28-26-23-20-17-14-11-8-2/h10,13,19,22,27,29,33,35,37-38,40,42,63,66,72-73H,7-9,11-12,14-18,20-21,23-26,28,30-32,34,36,39,41,43-62,64-65,67-71H2,1-6H3,(H-,76,78,80,81)/p+1/b13-10-,22-19-,29-27-,35-33-,38-37-,42-40-,66-63-. The number of likely N-dealkylation sites (N-methyl/N-ethyl adjacent to an activating group) is 1. The van der Waals surface area contributed by atoms with Crippen LogP contribution in [0.5, 0.6) is 0 Å². The first kappa shape index (κ1) is 82.2. The van der Waals surface area contributed by atoms with Gasteiger partial charge in [-0.1, -0.05) is 318 Å². The molecule has 0 aromatic heterocycles. The number of ether oxygens (including phenoxy) is 1. The molecule has 0 fully saturated rings. The van der Waals surface area contributed by atoms with Crippen molar-refractivity contribution in [3.05, 3.63) is 85.1 Å². The molecule has 10 heteroatoms. The van der Waals surface area contributed by atoms with Crippen LogP contribution in [0.1, 0.15) is 329 Å². The fourth-order valence-corrected chi connectivity index (χ4v) is 11.1. The van der Waals surface area contributed by atoms with Gasteiger partial charge in [-0.25, -0.2) is 4.57 Å². The van der Waals surface area contributed by atoms with Gasteiger partial charge >= 0.3 is 13.8 Å². The number of quaternary nitrogens is 1. The van der Waals surface area contributed by atoms with Gasteiger partial charge in [-0.05, 0) is 83.1 Å². The predicted octanol–water partition coefficient (Wildman–Crippen LogP) is 22.9. The molecule has 0 spiro atoms. The number of esters is 1. The van der Waals surface area contributed by atoms with Gasteiger partial charge in [-0.15, -0.1) is 0 Å². The molecule has 85 heavy (non-hydrogen) atoms. The molecule has 0 aliphatic rings. The minimum Gasteiger partial charge on any atom is -0.456 e. The summed E-state index contributed by atoms with van der Waals surface area (Å²) in [6.45, 7) is 6.92. The maximum absolute atomic E-state index is 13.6. The summed E-state index contributed by atoms with van der Waals surface area (Å²) in [4.78, 5) is 37.9. The Hall–Kier alpha value is -2.81. The zero-order valence-electron chi connectivity index (χ0n) is 56.6. The van der Waals surface area contributed by atoms with Crippen LogP contribution in [0.25, 0.3) is 0 Å². The third kappa shape index (κ3) is 65.5. The largest absolute Gasteiger partial charge is 0.472 e. The number of allylic oxidation sites excluding steroid dienone is 13. The van der Waals surface area contributed by atoms with Crippen molar-refractivity contribution in [1.29, 1.82) is 0 Å². The van der Waals surface area contributed by atoms with Crippen molar-refractivity contribution in [2.45, 2.75) is 341 Å². The van der Waals surface area contributed by atoms with E-state index in [1.165, 1.54) is 186 Å². The molecule has 494 valence electrons. The minimum atomic E-state index is -4.46. The van der Waals surface area contributed by atoms with Gasteiger partial charge in [0, 0.05) is 12.8 Å². The van der Waals surface area contributed by atoms with Gasteiger partial charge in [0.2, 0.25) is 5.91 Å². The highest BCUT2D eigenvalue weighted by atomic mass is 31.2. The fourth-order valence-electron chi connectivity index (χ4n) is 10.4. The maximum atomic E-state index is 13.6. The Kier molecular flexibility index (Phi) is 62.1. The first-order valence-corrected chi connectivity index (χ1v) is 37.4. The van der Waals surface area contributed by atoms with Crippen LogP contribution in [0, 0.1) is 0 Å². The Morgan fingerprint density at radius 3 is 1.13 bits per heavy atom. The molecule has 0 aliphatic heterocycles. The van der Waals surface area contributed by atoms with E-state index in [0.29, 0.717) is 23.9 Å². The van der Waals surface area contributed by atoms with Crippen molar-refractivity contribution in [1.82, 2.24) is 5.32 Å². The van der Waals surface area contributed by atoms with Crippen molar-refractivity contribution < 1.29 is 37.3 Å². The molecule has 3 unspecified atom stereocenters. The van der Waals surface area contributed by atoms with Crippen LogP contribution in [0.15, 0.2) is 85.1 Å². The normalized spacial score (nSPS) is 14.0. The summed E-state index contributed by atoms with van der Waals surface area (Å²) in [7, 11) is 1.49. The van der Waals surface area contributed by atoms with E-state index in [2.05, 4.69) is 99.0 Å². The molecule has 0 saturated heterocycles. The zero-order chi connectivity index (χ0) is 62.1. The molecule has 0 saturated carbocycles. The molecular formula is C75H138N2O7P+. The van der Waals surface area contributed by atoms with Gasteiger partial charge in [0.05, 0.1) is 33.8 Å². The van der Waals surface area contributed by atoms with Crippen molar-refractivity contribution in [3.8, 4) is 0 Å². The van der Waals surface area contributed by atoms with Gasteiger partial charge in [0.15, 0.2) is 0 Å². The van der Waals surface area contributed by atoms with Crippen molar-refractivity contribution in [2.24, 2.45) is 0 Å². The second-order valence-corrected chi connectivity index (χ2v) is 26.8. The lowest BCUT2D eigenvalue weighted by atomic mass is 10.0. The molecule has 2 N–H and O–H groups in total. The lowest BCUT2D eigenvalue weighted by Gasteiger charge is -2.27. The topological polar surface area (TPSA) is 111 Å². The third-order valence-corrected chi connectivity index (χ3v) is 16.8. The van der Waals surface area contributed by atoms with E-state index in [9.17, 15) is 19.0 Å². The van der Waals surface area contributed by atoms with Crippen LogP contribution >= 0.6 is 7.82 Å². The quantitative estimate of drug-likeness (QED) is 0.0205. The summed E-state index contributed by atoms with van der Waals surface area (Å²) in [5.41, 5.74) is 0. The third-order valence-electron chi connectivity index (χ3n) is 15.8. The average molecular weight is 1210 g/mol. The molecule has 0 heterocycles. The number of rotatable bonds is 65. The highest BCUT2D eigenvalue weighted by Crippen LogP contribution is 2.43. The van der Waals surface area contributed by atoms with Crippen molar-refractivity contribution >= 4 is 19.7 Å². The second kappa shape index (κ2) is 64.2. The Morgan fingerprint density at radius 1 is 0.424 bits per heavy atom. The summed E-state index contributed by atoms with van der Waals surface area (Å²) >= 11 is 0. The Labute approximate surface area is 526 Å². The monoisotopic (exact) mass is 1210 g/mol. The summed E-state index contributed by atoms with van der Waals surface area (Å²) in [6, 6.07) is -0.856. The van der Waals surface area contributed by atoms with Crippen LogP contribution in [0.2, 0.25) is 0 Å². The Balaban J connectivity index is 5.02. The molecule has 9 nitrogen and oxygen atoms in total. The average Bonchev–Trinajstić information content (AvgIpc) is 3.64. The molecular weight excluding hydrogens is 1070 g/mol. The summed E-state index contributed by atoms with van der Waals surface area (Å²) in [5.74, 6) is -0.505. The Bertz CT molecular complexity index is 1730. The van der Waals surface area contributed by atoms with Crippen LogP contribution in [0.3, 0.4) is 0 Å². The number of carbonyl (C=O) groups excluding carboxylic acids is 2. The smallest absolute Gasteiger partial charge is 0.456 e. The van der Waals surface area contributed by atoms with Crippen molar-refractivity contribution in [3.63, 3.8) is 0 Å². The molecule has 0 rings (SSSR count). The molecule has 0 bridgehead atoms. The number of nitrogens with zero attached hydrogens (tertiary/aromatic N) is 1. The second-order valence-electron chi connectivity index (χ2n) is 25.4.